The van der Waals surface area contributed by atoms with Gasteiger partial charge in [-0.05, 0) is 24.1 Å². The van der Waals surface area contributed by atoms with E-state index in [1.165, 1.54) is 83.8 Å². The number of ketones is 1. The average molecular weight is 550 g/mol. The lowest BCUT2D eigenvalue weighted by molar-refractivity contribution is -0.139. The second-order valence-electron chi connectivity index (χ2n) is 10.9. The third-order valence-electron chi connectivity index (χ3n) is 7.86. The first-order valence-electron chi connectivity index (χ1n) is 15.2. The van der Waals surface area contributed by atoms with Gasteiger partial charge >= 0.3 is 0 Å². The molecule has 0 spiro atoms. The summed E-state index contributed by atoms with van der Waals surface area (Å²) in [6.45, 7) is 2.67. The molecule has 1 amide bonds. The van der Waals surface area contributed by atoms with Gasteiger partial charge in [-0.3, -0.25) is 9.59 Å². The Balaban J connectivity index is 1.57. The molecule has 1 aliphatic rings. The molecule has 218 valence electrons. The molecular weight excluding hydrogens is 502 g/mol. The van der Waals surface area contributed by atoms with E-state index < -0.39 is 17.7 Å². The first-order valence-corrected chi connectivity index (χ1v) is 15.2. The van der Waals surface area contributed by atoms with Crippen molar-refractivity contribution in [2.45, 2.75) is 103 Å². The average Bonchev–Trinajstić information content (AvgIpc) is 3.22. The number of phenols is 1. The zero-order chi connectivity index (χ0) is 28.7. The van der Waals surface area contributed by atoms with Gasteiger partial charge in [0.05, 0.1) is 18.7 Å². The molecule has 6 heteroatoms. The van der Waals surface area contributed by atoms with Crippen molar-refractivity contribution in [2.75, 3.05) is 13.7 Å². The Hall–Kier alpha value is -3.28. The predicted octanol–water partition coefficient (Wildman–Crippen LogP) is 8.30. The van der Waals surface area contributed by atoms with E-state index >= 15 is 0 Å². The minimum atomic E-state index is -0.753. The van der Waals surface area contributed by atoms with Crippen molar-refractivity contribution in [3.05, 3.63) is 65.2 Å². The number of unbranched alkanes of at least 4 members (excludes halogenated alkanes) is 13. The number of amides is 1. The summed E-state index contributed by atoms with van der Waals surface area (Å²) in [7, 11) is 1.45. The van der Waals surface area contributed by atoms with Crippen LogP contribution in [0.5, 0.6) is 11.5 Å². The maximum atomic E-state index is 13.2. The third-order valence-corrected chi connectivity index (χ3v) is 7.86. The van der Waals surface area contributed by atoms with Crippen LogP contribution >= 0.6 is 0 Å². The highest BCUT2D eigenvalue weighted by Crippen LogP contribution is 2.41. The molecule has 1 heterocycles. The molecule has 6 nitrogen and oxygen atoms in total. The molecule has 1 atom stereocenters. The Bertz CT molecular complexity index is 1110. The number of methoxy groups -OCH3 is 1. The Morgan fingerprint density at radius 1 is 0.800 bits per heavy atom. The number of aliphatic hydroxyl groups excluding tert-OH is 1. The zero-order valence-corrected chi connectivity index (χ0v) is 24.4. The second kappa shape index (κ2) is 16.7. The first kappa shape index (κ1) is 31.3. The van der Waals surface area contributed by atoms with E-state index in [9.17, 15) is 19.8 Å². The van der Waals surface area contributed by atoms with Crippen LogP contribution in [0, 0.1) is 0 Å². The van der Waals surface area contributed by atoms with Gasteiger partial charge in [0.15, 0.2) is 11.5 Å². The standard InChI is InChI=1S/C34H47NO5/c1-3-4-5-6-7-8-9-10-11-12-13-14-15-19-24-35-31(27-22-23-28(36)29(25-27)40-2)30(33(38)34(35)39)32(37)26-20-17-16-18-21-26/h16-18,20-23,25,31,36-37H,3-15,19,24H2,1-2H3/t31-/m1/s1. The zero-order valence-electron chi connectivity index (χ0n) is 24.4. The Kier molecular flexibility index (Phi) is 13.1. The number of aromatic hydroxyl groups is 1. The number of likely N-dealkylation sites (tertiary alicyclic amines) is 1. The van der Waals surface area contributed by atoms with Crippen molar-refractivity contribution >= 4 is 17.4 Å². The van der Waals surface area contributed by atoms with Gasteiger partial charge in [0.25, 0.3) is 11.7 Å². The molecule has 3 rings (SSSR count). The van der Waals surface area contributed by atoms with Crippen LogP contribution in [0.1, 0.15) is 114 Å². The van der Waals surface area contributed by atoms with Crippen molar-refractivity contribution in [1.82, 2.24) is 4.90 Å². The summed E-state index contributed by atoms with van der Waals surface area (Å²) in [5.74, 6) is -1.27. The lowest BCUT2D eigenvalue weighted by atomic mass is 9.95. The van der Waals surface area contributed by atoms with Gasteiger partial charge in [-0.25, -0.2) is 0 Å². The quantitative estimate of drug-likeness (QED) is 0.0845. The molecular formula is C34H47NO5. The summed E-state index contributed by atoms with van der Waals surface area (Å²) in [6, 6.07) is 12.8. The molecule has 0 radical (unpaired) electrons. The van der Waals surface area contributed by atoms with Gasteiger partial charge in [-0.1, -0.05) is 127 Å². The Morgan fingerprint density at radius 2 is 1.35 bits per heavy atom. The SMILES string of the molecule is CCCCCCCCCCCCCCCCN1C(=O)C(=O)C(=C(O)c2ccccc2)[C@H]1c1ccc(O)c(OC)c1. The van der Waals surface area contributed by atoms with Gasteiger partial charge in [0, 0.05) is 12.1 Å². The molecule has 0 unspecified atom stereocenters. The number of phenolic OH excluding ortho intramolecular Hbond substituents is 1. The maximum Gasteiger partial charge on any atom is 0.295 e. The lowest BCUT2D eigenvalue weighted by Gasteiger charge is -2.26. The van der Waals surface area contributed by atoms with E-state index in [4.69, 9.17) is 4.74 Å². The van der Waals surface area contributed by atoms with Crippen molar-refractivity contribution in [3.63, 3.8) is 0 Å². The van der Waals surface area contributed by atoms with E-state index in [2.05, 4.69) is 6.92 Å². The molecule has 0 bridgehead atoms. The van der Waals surface area contributed by atoms with Crippen LogP contribution in [0.4, 0.5) is 0 Å². The molecule has 0 saturated carbocycles. The fourth-order valence-electron chi connectivity index (χ4n) is 5.55. The highest BCUT2D eigenvalue weighted by Gasteiger charge is 2.46. The number of hydrogen-bond donors (Lipinski definition) is 2. The van der Waals surface area contributed by atoms with Crippen LogP contribution in [0.3, 0.4) is 0 Å². The molecule has 2 N–H and O–H groups in total. The normalized spacial score (nSPS) is 16.6. The molecule has 1 aliphatic heterocycles. The molecule has 2 aromatic carbocycles. The van der Waals surface area contributed by atoms with Crippen molar-refractivity contribution in [3.8, 4) is 11.5 Å². The molecule has 2 aromatic rings. The fraction of sp³-hybridized carbons (Fsp3) is 0.529. The number of aliphatic hydroxyl groups is 1. The topological polar surface area (TPSA) is 87.1 Å². The van der Waals surface area contributed by atoms with Crippen LogP contribution < -0.4 is 4.74 Å². The number of Topliss-reactive ketones (excluding diaryl/α,β-unsaturated/α-hetero) is 1. The number of ether oxygens (including phenoxy) is 1. The summed E-state index contributed by atoms with van der Waals surface area (Å²) in [6.07, 6.45) is 17.4. The Labute approximate surface area is 240 Å². The summed E-state index contributed by atoms with van der Waals surface area (Å²) in [4.78, 5) is 27.9. The van der Waals surface area contributed by atoms with Crippen molar-refractivity contribution in [1.29, 1.82) is 0 Å². The van der Waals surface area contributed by atoms with E-state index in [1.54, 1.807) is 41.3 Å². The van der Waals surface area contributed by atoms with Crippen molar-refractivity contribution in [2.24, 2.45) is 0 Å². The summed E-state index contributed by atoms with van der Waals surface area (Å²) < 4.78 is 5.28. The molecule has 1 fully saturated rings. The number of rotatable bonds is 18. The van der Waals surface area contributed by atoms with Gasteiger partial charge in [0.1, 0.15) is 5.76 Å². The van der Waals surface area contributed by atoms with Crippen LogP contribution in [0.2, 0.25) is 0 Å². The molecule has 40 heavy (non-hydrogen) atoms. The second-order valence-corrected chi connectivity index (χ2v) is 10.9. The van der Waals surface area contributed by atoms with Crippen LogP contribution in [0.25, 0.3) is 5.76 Å². The number of benzene rings is 2. The Morgan fingerprint density at radius 3 is 1.90 bits per heavy atom. The van der Waals surface area contributed by atoms with E-state index in [0.29, 0.717) is 17.7 Å². The van der Waals surface area contributed by atoms with Gasteiger partial charge in [-0.2, -0.15) is 0 Å². The largest absolute Gasteiger partial charge is 0.507 e. The van der Waals surface area contributed by atoms with E-state index in [0.717, 1.165) is 19.3 Å². The predicted molar refractivity (Wildman–Crippen MR) is 160 cm³/mol. The number of carbonyl (C=O) groups excluding carboxylic acids is 2. The highest BCUT2D eigenvalue weighted by molar-refractivity contribution is 6.46. The molecule has 0 aliphatic carbocycles. The third kappa shape index (κ3) is 8.61. The van der Waals surface area contributed by atoms with Crippen LogP contribution in [-0.2, 0) is 9.59 Å². The number of nitrogens with zero attached hydrogens (tertiary/aromatic N) is 1. The molecule has 1 saturated heterocycles. The fourth-order valence-corrected chi connectivity index (χ4v) is 5.55. The smallest absolute Gasteiger partial charge is 0.295 e. The minimum absolute atomic E-state index is 0.0294. The maximum absolute atomic E-state index is 13.2. The van der Waals surface area contributed by atoms with E-state index in [1.807, 2.05) is 6.07 Å². The summed E-state index contributed by atoms with van der Waals surface area (Å²) in [5.41, 5.74) is 1.15. The van der Waals surface area contributed by atoms with E-state index in [-0.39, 0.29) is 22.8 Å². The number of carbonyl (C=O) groups is 2. The lowest BCUT2D eigenvalue weighted by Crippen LogP contribution is -2.30. The molecule has 0 aromatic heterocycles. The van der Waals surface area contributed by atoms with Crippen molar-refractivity contribution < 1.29 is 24.5 Å². The number of hydrogen-bond acceptors (Lipinski definition) is 5. The summed E-state index contributed by atoms with van der Waals surface area (Å²) >= 11 is 0. The van der Waals surface area contributed by atoms with Gasteiger partial charge < -0.3 is 19.8 Å². The van der Waals surface area contributed by atoms with Crippen LogP contribution in [-0.4, -0.2) is 40.5 Å². The first-order chi connectivity index (χ1) is 19.5. The van der Waals surface area contributed by atoms with Crippen LogP contribution in [0.15, 0.2) is 54.1 Å². The minimum Gasteiger partial charge on any atom is -0.507 e. The monoisotopic (exact) mass is 549 g/mol. The van der Waals surface area contributed by atoms with Gasteiger partial charge in [0.2, 0.25) is 0 Å². The summed E-state index contributed by atoms with van der Waals surface area (Å²) in [5, 5.41) is 21.2. The highest BCUT2D eigenvalue weighted by atomic mass is 16.5. The van der Waals surface area contributed by atoms with Gasteiger partial charge in [-0.15, -0.1) is 0 Å².